The predicted octanol–water partition coefficient (Wildman–Crippen LogP) is -0.147. The average Bonchev–Trinajstić information content (AvgIpc) is 2.93. The standard InChI is InChI=1S/C10H11F2N5O2S/c11-4-6(19)3(1-18)20-9(4)17-2-14-5-7(13)15-10(12)16-8(5)17/h2-4,6,9,18-19H,1H2,(H2,13,15,16)/t3-,4+,6-,9-/m1/s1. The topological polar surface area (TPSA) is 110 Å². The van der Waals surface area contributed by atoms with Crippen LogP contribution < -0.4 is 5.73 Å². The molecule has 108 valence electrons. The van der Waals surface area contributed by atoms with Gasteiger partial charge in [0.05, 0.1) is 18.2 Å². The van der Waals surface area contributed by atoms with Crippen LogP contribution in [0.25, 0.3) is 11.2 Å². The molecule has 10 heteroatoms. The minimum Gasteiger partial charge on any atom is -0.395 e. The number of hydrogen-bond acceptors (Lipinski definition) is 7. The third-order valence-electron chi connectivity index (χ3n) is 3.17. The fraction of sp³-hybridized carbons (Fsp3) is 0.500. The molecule has 3 rings (SSSR count). The Kier molecular flexibility index (Phi) is 3.22. The van der Waals surface area contributed by atoms with E-state index in [9.17, 15) is 13.9 Å². The van der Waals surface area contributed by atoms with Crippen molar-refractivity contribution in [1.29, 1.82) is 0 Å². The van der Waals surface area contributed by atoms with Crippen molar-refractivity contribution >= 4 is 28.7 Å². The number of aromatic nitrogens is 4. The number of fused-ring (bicyclic) bond motifs is 1. The summed E-state index contributed by atoms with van der Waals surface area (Å²) in [5.74, 6) is -0.135. The Morgan fingerprint density at radius 1 is 1.45 bits per heavy atom. The highest BCUT2D eigenvalue weighted by molar-refractivity contribution is 8.00. The fourth-order valence-electron chi connectivity index (χ4n) is 2.18. The van der Waals surface area contributed by atoms with Crippen LogP contribution in [-0.2, 0) is 0 Å². The van der Waals surface area contributed by atoms with Crippen LogP contribution >= 0.6 is 11.8 Å². The first kappa shape index (κ1) is 13.5. The van der Waals surface area contributed by atoms with E-state index in [0.717, 1.165) is 11.8 Å². The van der Waals surface area contributed by atoms with Gasteiger partial charge in [0.25, 0.3) is 0 Å². The zero-order chi connectivity index (χ0) is 14.4. The molecule has 2 aromatic heterocycles. The summed E-state index contributed by atoms with van der Waals surface area (Å²) >= 11 is 1.04. The highest BCUT2D eigenvalue weighted by Crippen LogP contribution is 2.44. The van der Waals surface area contributed by atoms with E-state index < -0.39 is 29.0 Å². The first-order valence-corrected chi connectivity index (χ1v) is 6.71. The van der Waals surface area contributed by atoms with Crippen LogP contribution in [0.4, 0.5) is 14.6 Å². The molecule has 0 unspecified atom stereocenters. The van der Waals surface area contributed by atoms with Gasteiger partial charge in [-0.3, -0.25) is 4.57 Å². The maximum Gasteiger partial charge on any atom is 0.312 e. The summed E-state index contributed by atoms with van der Waals surface area (Å²) in [7, 11) is 0. The van der Waals surface area contributed by atoms with Crippen LogP contribution in [0, 0.1) is 6.08 Å². The summed E-state index contributed by atoms with van der Waals surface area (Å²) in [4.78, 5) is 10.8. The van der Waals surface area contributed by atoms with Crippen molar-refractivity contribution in [2.75, 3.05) is 12.3 Å². The number of thioether (sulfide) groups is 1. The highest BCUT2D eigenvalue weighted by Gasteiger charge is 2.45. The summed E-state index contributed by atoms with van der Waals surface area (Å²) in [5, 5.41) is 17.3. The molecule has 0 radical (unpaired) electrons. The number of alkyl halides is 1. The largest absolute Gasteiger partial charge is 0.395 e. The fourth-order valence-corrected chi connectivity index (χ4v) is 3.53. The maximum atomic E-state index is 14.1. The number of hydrogen-bond donors (Lipinski definition) is 3. The lowest BCUT2D eigenvalue weighted by Crippen LogP contribution is -2.29. The molecule has 0 aromatic carbocycles. The van der Waals surface area contributed by atoms with E-state index >= 15 is 0 Å². The quantitative estimate of drug-likeness (QED) is 0.662. The Bertz CT molecular complexity index is 654. The second-order valence-electron chi connectivity index (χ2n) is 4.38. The van der Waals surface area contributed by atoms with Crippen LogP contribution in [0.3, 0.4) is 0 Å². The molecule has 2 aromatic rings. The molecule has 1 saturated heterocycles. The molecule has 0 saturated carbocycles. The number of aliphatic hydroxyl groups is 2. The van der Waals surface area contributed by atoms with E-state index in [-0.39, 0.29) is 23.6 Å². The maximum absolute atomic E-state index is 14.1. The molecule has 4 atom stereocenters. The number of imidazole rings is 1. The highest BCUT2D eigenvalue weighted by atomic mass is 32.2. The predicted molar refractivity (Wildman–Crippen MR) is 68.1 cm³/mol. The molecule has 20 heavy (non-hydrogen) atoms. The summed E-state index contributed by atoms with van der Waals surface area (Å²) < 4.78 is 28.6. The van der Waals surface area contributed by atoms with Gasteiger partial charge in [0, 0.05) is 0 Å². The second kappa shape index (κ2) is 4.79. The monoisotopic (exact) mass is 303 g/mol. The van der Waals surface area contributed by atoms with Gasteiger partial charge in [0.2, 0.25) is 0 Å². The van der Waals surface area contributed by atoms with Crippen LogP contribution in [0.5, 0.6) is 0 Å². The molecule has 4 N–H and O–H groups in total. The molecule has 1 fully saturated rings. The van der Waals surface area contributed by atoms with Crippen molar-refractivity contribution < 1.29 is 19.0 Å². The zero-order valence-electron chi connectivity index (χ0n) is 10.0. The van der Waals surface area contributed by atoms with Gasteiger partial charge < -0.3 is 15.9 Å². The smallest absolute Gasteiger partial charge is 0.312 e. The van der Waals surface area contributed by atoms with Gasteiger partial charge >= 0.3 is 6.08 Å². The molecular formula is C10H11F2N5O2S. The van der Waals surface area contributed by atoms with Crippen molar-refractivity contribution in [2.45, 2.75) is 22.9 Å². The number of rotatable bonds is 2. The van der Waals surface area contributed by atoms with Crippen molar-refractivity contribution in [1.82, 2.24) is 19.5 Å². The van der Waals surface area contributed by atoms with E-state index in [0.29, 0.717) is 0 Å². The van der Waals surface area contributed by atoms with Gasteiger partial charge in [0.15, 0.2) is 17.6 Å². The number of halogens is 2. The summed E-state index contributed by atoms with van der Waals surface area (Å²) in [6, 6.07) is 0. The molecule has 1 aliphatic rings. The van der Waals surface area contributed by atoms with E-state index in [4.69, 9.17) is 10.8 Å². The van der Waals surface area contributed by atoms with E-state index in [1.54, 1.807) is 0 Å². The van der Waals surface area contributed by atoms with E-state index in [1.807, 2.05) is 0 Å². The minimum atomic E-state index is -1.63. The second-order valence-corrected chi connectivity index (χ2v) is 5.75. The number of nitrogen functional groups attached to an aromatic ring is 1. The molecule has 1 aliphatic heterocycles. The molecule has 0 spiro atoms. The lowest BCUT2D eigenvalue weighted by Gasteiger charge is -2.14. The van der Waals surface area contributed by atoms with Crippen LogP contribution in [0.2, 0.25) is 0 Å². The first-order chi connectivity index (χ1) is 9.52. The molecule has 7 nitrogen and oxygen atoms in total. The van der Waals surface area contributed by atoms with Gasteiger partial charge in [-0.05, 0) is 0 Å². The molecule has 3 heterocycles. The van der Waals surface area contributed by atoms with Crippen molar-refractivity contribution in [2.24, 2.45) is 0 Å². The Morgan fingerprint density at radius 3 is 2.85 bits per heavy atom. The van der Waals surface area contributed by atoms with Crippen molar-refractivity contribution in [3.63, 3.8) is 0 Å². The summed E-state index contributed by atoms with van der Waals surface area (Å²) in [6.45, 7) is -0.360. The first-order valence-electron chi connectivity index (χ1n) is 5.77. The Morgan fingerprint density at radius 2 is 2.20 bits per heavy atom. The third-order valence-corrected chi connectivity index (χ3v) is 4.71. The number of aliphatic hydroxyl groups excluding tert-OH is 2. The lowest BCUT2D eigenvalue weighted by molar-refractivity contribution is 0.0642. The normalized spacial score (nSPS) is 30.2. The summed E-state index contributed by atoms with van der Waals surface area (Å²) in [5.41, 5.74) is 5.75. The van der Waals surface area contributed by atoms with Gasteiger partial charge in [-0.1, -0.05) is 0 Å². The Balaban J connectivity index is 2.07. The van der Waals surface area contributed by atoms with Crippen LogP contribution in [-0.4, -0.2) is 53.9 Å². The van der Waals surface area contributed by atoms with Gasteiger partial charge in [-0.2, -0.15) is 14.4 Å². The van der Waals surface area contributed by atoms with Crippen molar-refractivity contribution in [3.05, 3.63) is 12.4 Å². The molecule has 0 bridgehead atoms. The molecular weight excluding hydrogens is 292 g/mol. The average molecular weight is 303 g/mol. The summed E-state index contributed by atoms with van der Waals surface area (Å²) in [6.07, 6.45) is -2.70. The lowest BCUT2D eigenvalue weighted by atomic mass is 10.1. The molecule has 0 aliphatic carbocycles. The van der Waals surface area contributed by atoms with Gasteiger partial charge in [0.1, 0.15) is 17.0 Å². The van der Waals surface area contributed by atoms with Gasteiger partial charge in [-0.15, -0.1) is 11.8 Å². The number of nitrogens with two attached hydrogens (primary N) is 1. The van der Waals surface area contributed by atoms with Crippen LogP contribution in [0.1, 0.15) is 5.37 Å². The third kappa shape index (κ3) is 1.91. The van der Waals surface area contributed by atoms with Crippen LogP contribution in [0.15, 0.2) is 6.33 Å². The van der Waals surface area contributed by atoms with E-state index in [1.165, 1.54) is 10.9 Å². The van der Waals surface area contributed by atoms with E-state index in [2.05, 4.69) is 15.0 Å². The zero-order valence-corrected chi connectivity index (χ0v) is 10.8. The van der Waals surface area contributed by atoms with Crippen molar-refractivity contribution in [3.8, 4) is 0 Å². The SMILES string of the molecule is Nc1nc(F)nc2c1ncn2[C@@H]1S[C@H](CO)[C@@H](O)[C@@H]1F. The Labute approximate surface area is 115 Å². The van der Waals surface area contributed by atoms with Gasteiger partial charge in [-0.25, -0.2) is 9.37 Å². The Hall–Kier alpha value is -1.52. The minimum absolute atomic E-state index is 0.0564. The number of anilines is 1. The number of nitrogens with zero attached hydrogens (tertiary/aromatic N) is 4. The molecule has 0 amide bonds.